The van der Waals surface area contributed by atoms with Crippen LogP contribution in [0.25, 0.3) is 0 Å². The minimum absolute atomic E-state index is 0.334. The van der Waals surface area contributed by atoms with Crippen molar-refractivity contribution in [2.75, 3.05) is 19.6 Å². The molecule has 0 spiro atoms. The van der Waals surface area contributed by atoms with Gasteiger partial charge in [-0.15, -0.1) is 0 Å². The van der Waals surface area contributed by atoms with Crippen molar-refractivity contribution >= 4 is 5.91 Å². The molecule has 0 aromatic carbocycles. The molecule has 0 radical (unpaired) electrons. The Balaban J connectivity index is 1.70. The highest BCUT2D eigenvalue weighted by Crippen LogP contribution is 2.15. The Morgan fingerprint density at radius 1 is 1.53 bits per heavy atom. The van der Waals surface area contributed by atoms with Gasteiger partial charge in [0.2, 0.25) is 5.91 Å². The van der Waals surface area contributed by atoms with E-state index in [1.165, 1.54) is 24.8 Å². The van der Waals surface area contributed by atoms with Crippen LogP contribution in [0.5, 0.6) is 0 Å². The van der Waals surface area contributed by atoms with E-state index in [2.05, 4.69) is 18.3 Å². The average molecular weight is 236 g/mol. The molecule has 3 heteroatoms. The van der Waals surface area contributed by atoms with Crippen LogP contribution in [0.15, 0.2) is 11.6 Å². The van der Waals surface area contributed by atoms with Crippen molar-refractivity contribution in [1.29, 1.82) is 0 Å². The molecule has 3 nitrogen and oxygen atoms in total. The third kappa shape index (κ3) is 3.84. The Hall–Kier alpha value is -0.830. The number of nitrogens with zero attached hydrogens (tertiary/aromatic N) is 1. The highest BCUT2D eigenvalue weighted by molar-refractivity contribution is 5.76. The second-order valence-electron chi connectivity index (χ2n) is 5.33. The molecule has 17 heavy (non-hydrogen) atoms. The van der Waals surface area contributed by atoms with Gasteiger partial charge in [-0.05, 0) is 39.2 Å². The van der Waals surface area contributed by atoms with Crippen molar-refractivity contribution < 1.29 is 4.79 Å². The Kier molecular flexibility index (Phi) is 4.60. The molecule has 1 amide bonds. The van der Waals surface area contributed by atoms with Crippen LogP contribution in [-0.2, 0) is 4.79 Å². The quantitative estimate of drug-likeness (QED) is 0.761. The molecule has 0 aromatic heterocycles. The predicted molar refractivity (Wildman–Crippen MR) is 69.8 cm³/mol. The summed E-state index contributed by atoms with van der Waals surface area (Å²) in [6.45, 7) is 5.01. The molecule has 0 bridgehead atoms. The van der Waals surface area contributed by atoms with Gasteiger partial charge < -0.3 is 10.2 Å². The summed E-state index contributed by atoms with van der Waals surface area (Å²) in [6, 6.07) is 0.578. The van der Waals surface area contributed by atoms with E-state index in [1.807, 2.05) is 4.90 Å². The van der Waals surface area contributed by atoms with Gasteiger partial charge in [0.1, 0.15) is 0 Å². The molecular weight excluding hydrogens is 212 g/mol. The van der Waals surface area contributed by atoms with Gasteiger partial charge in [0, 0.05) is 25.6 Å². The number of amides is 1. The van der Waals surface area contributed by atoms with E-state index in [0.29, 0.717) is 18.4 Å². The normalized spacial score (nSPS) is 25.6. The zero-order valence-electron chi connectivity index (χ0n) is 10.9. The van der Waals surface area contributed by atoms with Crippen molar-refractivity contribution in [3.63, 3.8) is 0 Å². The summed E-state index contributed by atoms with van der Waals surface area (Å²) in [5.74, 6) is 0.334. The monoisotopic (exact) mass is 236 g/mol. The second-order valence-corrected chi connectivity index (χ2v) is 5.33. The molecule has 2 aliphatic heterocycles. The van der Waals surface area contributed by atoms with Gasteiger partial charge in [0.25, 0.3) is 0 Å². The van der Waals surface area contributed by atoms with E-state index >= 15 is 0 Å². The molecule has 2 aliphatic rings. The maximum Gasteiger partial charge on any atom is 0.222 e. The third-order valence-corrected chi connectivity index (χ3v) is 3.91. The molecule has 0 aliphatic carbocycles. The van der Waals surface area contributed by atoms with Gasteiger partial charge in [-0.2, -0.15) is 0 Å². The van der Waals surface area contributed by atoms with Crippen LogP contribution >= 0.6 is 0 Å². The first-order valence-electron chi connectivity index (χ1n) is 6.92. The van der Waals surface area contributed by atoms with Crippen LogP contribution in [0, 0.1) is 0 Å². The Morgan fingerprint density at radius 3 is 3.06 bits per heavy atom. The molecule has 1 N–H and O–H groups in total. The van der Waals surface area contributed by atoms with Gasteiger partial charge in [0.05, 0.1) is 0 Å². The Morgan fingerprint density at radius 2 is 2.41 bits per heavy atom. The number of hydrogen-bond donors (Lipinski definition) is 1. The number of rotatable bonds is 3. The second kappa shape index (κ2) is 6.20. The minimum atomic E-state index is 0.334. The lowest BCUT2D eigenvalue weighted by atomic mass is 10.00. The Labute approximate surface area is 104 Å². The van der Waals surface area contributed by atoms with Gasteiger partial charge in [-0.3, -0.25) is 4.79 Å². The summed E-state index contributed by atoms with van der Waals surface area (Å²) in [5.41, 5.74) is 1.42. The van der Waals surface area contributed by atoms with Crippen LogP contribution in [0.4, 0.5) is 0 Å². The van der Waals surface area contributed by atoms with E-state index in [4.69, 9.17) is 0 Å². The zero-order chi connectivity index (χ0) is 12.1. The van der Waals surface area contributed by atoms with Gasteiger partial charge in [-0.25, -0.2) is 0 Å². The molecular formula is C14H24N2O. The van der Waals surface area contributed by atoms with Crippen LogP contribution in [-0.4, -0.2) is 36.5 Å². The van der Waals surface area contributed by atoms with Crippen LogP contribution in [0.2, 0.25) is 0 Å². The largest absolute Gasteiger partial charge is 0.339 e. The fourth-order valence-electron chi connectivity index (χ4n) is 2.62. The van der Waals surface area contributed by atoms with Gasteiger partial charge >= 0.3 is 0 Å². The van der Waals surface area contributed by atoms with Crippen LogP contribution in [0.3, 0.4) is 0 Å². The summed E-state index contributed by atoms with van der Waals surface area (Å²) >= 11 is 0. The maximum absolute atomic E-state index is 12.0. The number of piperidine rings is 1. The zero-order valence-corrected chi connectivity index (χ0v) is 10.9. The fourth-order valence-corrected chi connectivity index (χ4v) is 2.62. The molecule has 0 saturated carbocycles. The number of carbonyl (C=O) groups is 1. The number of nitrogens with one attached hydrogen (secondary N) is 1. The van der Waals surface area contributed by atoms with E-state index in [0.717, 1.165) is 32.5 Å². The standard InChI is InChI=1S/C14H24N2O/c1-12-7-10-16(11-8-12)14(17)6-5-13-4-2-3-9-15-13/h7,13,15H,2-6,8-11H2,1H3. The van der Waals surface area contributed by atoms with Crippen molar-refractivity contribution in [3.8, 4) is 0 Å². The fraction of sp³-hybridized carbons (Fsp3) is 0.786. The first-order chi connectivity index (χ1) is 8.25. The lowest BCUT2D eigenvalue weighted by Gasteiger charge is -2.27. The van der Waals surface area contributed by atoms with Crippen molar-refractivity contribution in [2.24, 2.45) is 0 Å². The topological polar surface area (TPSA) is 32.3 Å². The number of carbonyl (C=O) groups excluding carboxylic acids is 1. The van der Waals surface area contributed by atoms with Gasteiger partial charge in [-0.1, -0.05) is 18.1 Å². The van der Waals surface area contributed by atoms with Crippen LogP contribution in [0.1, 0.15) is 45.4 Å². The third-order valence-electron chi connectivity index (χ3n) is 3.91. The highest BCUT2D eigenvalue weighted by Gasteiger charge is 2.18. The summed E-state index contributed by atoms with van der Waals surface area (Å²) in [5, 5.41) is 3.50. The van der Waals surface area contributed by atoms with E-state index < -0.39 is 0 Å². The summed E-state index contributed by atoms with van der Waals surface area (Å²) in [6.07, 6.45) is 8.81. The number of hydrogen-bond acceptors (Lipinski definition) is 2. The first kappa shape index (κ1) is 12.6. The van der Waals surface area contributed by atoms with Crippen molar-refractivity contribution in [2.45, 2.75) is 51.5 Å². The SMILES string of the molecule is CC1=CCN(C(=O)CCC2CCCCN2)CC1. The minimum Gasteiger partial charge on any atom is -0.339 e. The molecule has 96 valence electrons. The van der Waals surface area contributed by atoms with Gasteiger partial charge in [0.15, 0.2) is 0 Å². The predicted octanol–water partition coefficient (Wildman–Crippen LogP) is 2.09. The molecule has 2 heterocycles. The lowest BCUT2D eigenvalue weighted by molar-refractivity contribution is -0.131. The molecule has 1 unspecified atom stereocenters. The lowest BCUT2D eigenvalue weighted by Crippen LogP contribution is -2.38. The summed E-state index contributed by atoms with van der Waals surface area (Å²) < 4.78 is 0. The summed E-state index contributed by atoms with van der Waals surface area (Å²) in [7, 11) is 0. The Bertz CT molecular complexity index is 293. The molecule has 1 fully saturated rings. The molecule has 2 rings (SSSR count). The van der Waals surface area contributed by atoms with Crippen LogP contribution < -0.4 is 5.32 Å². The summed E-state index contributed by atoms with van der Waals surface area (Å²) in [4.78, 5) is 14.0. The average Bonchev–Trinajstić information content (AvgIpc) is 2.38. The first-order valence-corrected chi connectivity index (χ1v) is 6.92. The van der Waals surface area contributed by atoms with E-state index in [-0.39, 0.29) is 0 Å². The van der Waals surface area contributed by atoms with E-state index in [1.54, 1.807) is 0 Å². The highest BCUT2D eigenvalue weighted by atomic mass is 16.2. The van der Waals surface area contributed by atoms with Crippen molar-refractivity contribution in [3.05, 3.63) is 11.6 Å². The molecule has 1 saturated heterocycles. The van der Waals surface area contributed by atoms with Crippen molar-refractivity contribution in [1.82, 2.24) is 10.2 Å². The smallest absolute Gasteiger partial charge is 0.222 e. The van der Waals surface area contributed by atoms with E-state index in [9.17, 15) is 4.79 Å². The molecule has 1 atom stereocenters. The molecule has 0 aromatic rings. The maximum atomic E-state index is 12.0.